The van der Waals surface area contributed by atoms with Crippen LogP contribution in [0.25, 0.3) is 11.0 Å². The number of methoxy groups -OCH3 is 2. The zero-order valence-corrected chi connectivity index (χ0v) is 17.6. The number of hydrogen-bond acceptors (Lipinski definition) is 6. The summed E-state index contributed by atoms with van der Waals surface area (Å²) in [5.41, 5.74) is 7.35. The minimum absolute atomic E-state index is 0. The molecule has 8 nitrogen and oxygen atoms in total. The highest BCUT2D eigenvalue weighted by Crippen LogP contribution is 2.23. The van der Waals surface area contributed by atoms with Gasteiger partial charge in [-0.2, -0.15) is 0 Å². The number of nitrogens with one attached hydrogen (secondary N) is 2. The van der Waals surface area contributed by atoms with E-state index in [4.69, 9.17) is 15.2 Å². The fourth-order valence-corrected chi connectivity index (χ4v) is 2.37. The van der Waals surface area contributed by atoms with Gasteiger partial charge in [0.15, 0.2) is 0 Å². The highest BCUT2D eigenvalue weighted by Gasteiger charge is 2.04. The first kappa shape index (κ1) is 25.2. The predicted octanol–water partition coefficient (Wildman–Crippen LogP) is 2.40. The number of nitrogens with zero attached hydrogens (tertiary/aromatic N) is 1. The molecule has 10 heteroatoms. The van der Waals surface area contributed by atoms with Crippen molar-refractivity contribution in [2.75, 3.05) is 32.3 Å². The monoisotopic (exact) mass is 430 g/mol. The van der Waals surface area contributed by atoms with Crippen molar-refractivity contribution in [1.82, 2.24) is 9.55 Å². The summed E-state index contributed by atoms with van der Waals surface area (Å²) < 4.78 is 11.3. The van der Waals surface area contributed by atoms with Gasteiger partial charge in [-0.15, -0.1) is 24.8 Å². The molecule has 0 saturated carbocycles. The molecule has 0 aliphatic heterocycles. The average Bonchev–Trinajstić information content (AvgIpc) is 2.66. The summed E-state index contributed by atoms with van der Waals surface area (Å²) in [6.07, 6.45) is 0. The Bertz CT molecular complexity index is 1030. The van der Waals surface area contributed by atoms with Crippen LogP contribution < -0.4 is 31.6 Å². The lowest BCUT2D eigenvalue weighted by Crippen LogP contribution is -2.34. The summed E-state index contributed by atoms with van der Waals surface area (Å²) in [6.45, 7) is 0. The first-order valence-corrected chi connectivity index (χ1v) is 7.79. The molecule has 0 saturated heterocycles. The van der Waals surface area contributed by atoms with E-state index in [1.807, 2.05) is 19.2 Å². The van der Waals surface area contributed by atoms with Crippen LogP contribution in [0.15, 0.2) is 46.0 Å². The summed E-state index contributed by atoms with van der Waals surface area (Å²) >= 11 is 0. The Morgan fingerprint density at radius 2 is 1.57 bits per heavy atom. The molecule has 3 rings (SSSR count). The quantitative estimate of drug-likeness (QED) is 0.434. The number of nitrogens with two attached hydrogens (primary N) is 1. The molecule has 0 bridgehead atoms. The number of rotatable bonds is 3. The van der Waals surface area contributed by atoms with Gasteiger partial charge >= 0.3 is 11.1 Å². The van der Waals surface area contributed by atoms with Gasteiger partial charge in [0.1, 0.15) is 11.5 Å². The highest BCUT2D eigenvalue weighted by molar-refractivity contribution is 5.85. The average molecular weight is 431 g/mol. The van der Waals surface area contributed by atoms with E-state index in [1.165, 1.54) is 4.57 Å². The molecule has 0 aliphatic rings. The van der Waals surface area contributed by atoms with E-state index < -0.39 is 11.1 Å². The van der Waals surface area contributed by atoms with Gasteiger partial charge in [-0.1, -0.05) is 0 Å². The first-order valence-electron chi connectivity index (χ1n) is 7.79. The number of H-pyrrole nitrogens is 1. The second kappa shape index (κ2) is 11.1. The molecule has 0 amide bonds. The third kappa shape index (κ3) is 5.58. The summed E-state index contributed by atoms with van der Waals surface area (Å²) in [6, 6.07) is 10.7. The van der Waals surface area contributed by atoms with Crippen molar-refractivity contribution in [3.05, 3.63) is 57.1 Å². The molecule has 0 unspecified atom stereocenters. The lowest BCUT2D eigenvalue weighted by molar-refractivity contribution is 0.415. The maximum absolute atomic E-state index is 11.3. The fraction of sp³-hybridized carbons (Fsp3) is 0.222. The van der Waals surface area contributed by atoms with E-state index in [1.54, 1.807) is 45.5 Å². The third-order valence-electron chi connectivity index (χ3n) is 3.84. The van der Waals surface area contributed by atoms with Crippen molar-refractivity contribution in [3.8, 4) is 11.5 Å². The van der Waals surface area contributed by atoms with Crippen LogP contribution in [-0.4, -0.2) is 30.8 Å². The molecule has 28 heavy (non-hydrogen) atoms. The van der Waals surface area contributed by atoms with Crippen LogP contribution >= 0.6 is 24.8 Å². The largest absolute Gasteiger partial charge is 0.497 e. The lowest BCUT2D eigenvalue weighted by atomic mass is 10.2. The number of halogens is 2. The molecule has 4 N–H and O–H groups in total. The molecule has 1 heterocycles. The molecule has 0 radical (unpaired) electrons. The SMILES string of the molecule is CNc1ccc(OC)cc1N.COc1ccc2c(c1)[nH]c(=O)c(=O)n2C.Cl.Cl. The number of aromatic nitrogens is 2. The van der Waals surface area contributed by atoms with E-state index in [-0.39, 0.29) is 24.8 Å². The summed E-state index contributed by atoms with van der Waals surface area (Å²) in [5.74, 6) is 1.42. The predicted molar refractivity (Wildman–Crippen MR) is 118 cm³/mol. The maximum atomic E-state index is 11.3. The van der Waals surface area contributed by atoms with Gasteiger partial charge in [-0.3, -0.25) is 9.59 Å². The normalized spacial score (nSPS) is 9.29. The van der Waals surface area contributed by atoms with E-state index in [0.29, 0.717) is 22.5 Å². The number of benzene rings is 2. The lowest BCUT2D eigenvalue weighted by Gasteiger charge is -2.05. The minimum atomic E-state index is -0.627. The van der Waals surface area contributed by atoms with Gasteiger partial charge < -0.3 is 30.1 Å². The number of nitrogen functional groups attached to an aromatic ring is 1. The van der Waals surface area contributed by atoms with Crippen LogP contribution in [0.3, 0.4) is 0 Å². The number of aromatic amines is 1. The molecule has 0 spiro atoms. The van der Waals surface area contributed by atoms with Gasteiger partial charge in [0, 0.05) is 26.2 Å². The summed E-state index contributed by atoms with van der Waals surface area (Å²) in [4.78, 5) is 25.1. The van der Waals surface area contributed by atoms with E-state index in [9.17, 15) is 9.59 Å². The molecule has 1 aromatic heterocycles. The van der Waals surface area contributed by atoms with Crippen molar-refractivity contribution in [3.63, 3.8) is 0 Å². The Morgan fingerprint density at radius 3 is 2.11 bits per heavy atom. The topological polar surface area (TPSA) is 111 Å². The second-order valence-electron chi connectivity index (χ2n) is 5.40. The van der Waals surface area contributed by atoms with Crippen LogP contribution in [0.1, 0.15) is 0 Å². The number of hydrogen-bond donors (Lipinski definition) is 3. The zero-order valence-electron chi connectivity index (χ0n) is 15.9. The van der Waals surface area contributed by atoms with E-state index in [0.717, 1.165) is 11.4 Å². The van der Waals surface area contributed by atoms with Crippen molar-refractivity contribution in [2.24, 2.45) is 7.05 Å². The van der Waals surface area contributed by atoms with Crippen LogP contribution in [0.4, 0.5) is 11.4 Å². The first-order chi connectivity index (χ1) is 12.4. The standard InChI is InChI=1S/C10H10N2O3.C8H12N2O.2ClH/c1-12-8-4-3-6(15-2)5-7(8)11-9(13)10(12)14;1-10-8-4-3-6(11-2)5-7(8)9;;/h3-5H,1-2H3,(H,11,13);3-5,10H,9H2,1-2H3;2*1H. The number of ether oxygens (including phenoxy) is 2. The van der Waals surface area contributed by atoms with Gasteiger partial charge in [0.05, 0.1) is 36.6 Å². The summed E-state index contributed by atoms with van der Waals surface area (Å²) in [5, 5.41) is 2.97. The van der Waals surface area contributed by atoms with Gasteiger partial charge in [-0.25, -0.2) is 0 Å². The number of anilines is 2. The number of fused-ring (bicyclic) bond motifs is 1. The van der Waals surface area contributed by atoms with Crippen LogP contribution in [0.2, 0.25) is 0 Å². The smallest absolute Gasteiger partial charge is 0.316 e. The van der Waals surface area contributed by atoms with Crippen molar-refractivity contribution < 1.29 is 9.47 Å². The zero-order chi connectivity index (χ0) is 19.3. The molecule has 154 valence electrons. The molecule has 2 aromatic carbocycles. The Morgan fingerprint density at radius 1 is 1.00 bits per heavy atom. The van der Waals surface area contributed by atoms with E-state index in [2.05, 4.69) is 10.3 Å². The van der Waals surface area contributed by atoms with Gasteiger partial charge in [0.25, 0.3) is 0 Å². The van der Waals surface area contributed by atoms with Crippen molar-refractivity contribution in [2.45, 2.75) is 0 Å². The van der Waals surface area contributed by atoms with Crippen molar-refractivity contribution in [1.29, 1.82) is 0 Å². The van der Waals surface area contributed by atoms with Crippen LogP contribution in [-0.2, 0) is 7.05 Å². The molecule has 3 aromatic rings. The fourth-order valence-electron chi connectivity index (χ4n) is 2.37. The Hall–Kier alpha value is -2.84. The van der Waals surface area contributed by atoms with Crippen molar-refractivity contribution >= 4 is 47.2 Å². The molecule has 0 aliphatic carbocycles. The number of aryl methyl sites for hydroxylation is 1. The van der Waals surface area contributed by atoms with Crippen LogP contribution in [0.5, 0.6) is 11.5 Å². The minimum Gasteiger partial charge on any atom is -0.497 e. The summed E-state index contributed by atoms with van der Waals surface area (Å²) in [7, 11) is 6.56. The highest BCUT2D eigenvalue weighted by atomic mass is 35.5. The second-order valence-corrected chi connectivity index (χ2v) is 5.40. The molecule has 0 atom stereocenters. The molecule has 0 fully saturated rings. The van der Waals surface area contributed by atoms with Gasteiger partial charge in [-0.05, 0) is 24.3 Å². The Labute approximate surface area is 174 Å². The molecular weight excluding hydrogens is 407 g/mol. The maximum Gasteiger partial charge on any atom is 0.316 e. The Balaban J connectivity index is 0.000000507. The van der Waals surface area contributed by atoms with E-state index >= 15 is 0 Å². The Kier molecular flexibility index (Phi) is 9.98. The van der Waals surface area contributed by atoms with Gasteiger partial charge in [0.2, 0.25) is 0 Å². The molecular formula is C18H24Cl2N4O4. The third-order valence-corrected chi connectivity index (χ3v) is 3.84. The van der Waals surface area contributed by atoms with Crippen LogP contribution in [0, 0.1) is 0 Å².